The maximum Gasteiger partial charge on any atom is 0.283 e. The lowest BCUT2D eigenvalue weighted by atomic mass is 10.3. The van der Waals surface area contributed by atoms with Crippen LogP contribution >= 0.6 is 15.9 Å². The van der Waals surface area contributed by atoms with Gasteiger partial charge in [-0.1, -0.05) is 6.08 Å². The average Bonchev–Trinajstić information content (AvgIpc) is 2.41. The lowest BCUT2D eigenvalue weighted by Crippen LogP contribution is -2.23. The van der Waals surface area contributed by atoms with Crippen molar-refractivity contribution in [2.45, 2.75) is 6.54 Å². The number of halogens is 1. The first-order valence-corrected chi connectivity index (χ1v) is 6.40. The molecule has 5 nitrogen and oxygen atoms in total. The van der Waals surface area contributed by atoms with Gasteiger partial charge >= 0.3 is 0 Å². The number of hydrogen-bond acceptors (Lipinski definition) is 4. The minimum atomic E-state index is -0.208. The predicted octanol–water partition coefficient (Wildman–Crippen LogP) is 2.52. The topological polar surface area (TPSA) is 72.9 Å². The fourth-order valence-corrected chi connectivity index (χ4v) is 1.93. The molecule has 3 N–H and O–H groups in total. The number of hydrogen-bond donors (Lipinski definition) is 2. The molecule has 1 aromatic carbocycles. The van der Waals surface area contributed by atoms with Gasteiger partial charge in [0.2, 0.25) is 0 Å². The standard InChI is InChI=1S/C13H13BrN4O/c1-2-7-18-13(19)12(14)11(8-16-18)17-10-5-3-9(15)4-6-10/h2-6,8,17H,1,7,15H2. The van der Waals surface area contributed by atoms with Gasteiger partial charge in [-0.3, -0.25) is 4.79 Å². The zero-order valence-electron chi connectivity index (χ0n) is 10.1. The molecule has 0 atom stereocenters. The van der Waals surface area contributed by atoms with Gasteiger partial charge < -0.3 is 11.1 Å². The molecule has 2 rings (SSSR count). The first-order chi connectivity index (χ1) is 9.11. The zero-order chi connectivity index (χ0) is 13.8. The van der Waals surface area contributed by atoms with Crippen molar-refractivity contribution in [2.24, 2.45) is 0 Å². The quantitative estimate of drug-likeness (QED) is 0.670. The first kappa shape index (κ1) is 13.4. The minimum absolute atomic E-state index is 0.208. The van der Waals surface area contributed by atoms with E-state index in [1.54, 1.807) is 24.4 Å². The molecule has 0 bridgehead atoms. The van der Waals surface area contributed by atoms with E-state index in [4.69, 9.17) is 5.73 Å². The van der Waals surface area contributed by atoms with E-state index in [0.29, 0.717) is 22.4 Å². The number of nitrogens with one attached hydrogen (secondary N) is 1. The van der Waals surface area contributed by atoms with Gasteiger partial charge in [-0.05, 0) is 40.2 Å². The third kappa shape index (κ3) is 3.03. The van der Waals surface area contributed by atoms with E-state index in [1.807, 2.05) is 12.1 Å². The fraction of sp³-hybridized carbons (Fsp3) is 0.0769. The molecule has 2 aromatic rings. The molecule has 19 heavy (non-hydrogen) atoms. The van der Waals surface area contributed by atoms with E-state index in [2.05, 4.69) is 32.9 Å². The number of aromatic nitrogens is 2. The molecule has 0 aliphatic heterocycles. The third-order valence-corrected chi connectivity index (χ3v) is 3.24. The van der Waals surface area contributed by atoms with Crippen molar-refractivity contribution in [3.8, 4) is 0 Å². The number of rotatable bonds is 4. The Morgan fingerprint density at radius 1 is 1.42 bits per heavy atom. The lowest BCUT2D eigenvalue weighted by Gasteiger charge is -2.09. The van der Waals surface area contributed by atoms with Gasteiger partial charge in [0, 0.05) is 11.4 Å². The molecule has 0 radical (unpaired) electrons. The molecule has 1 aromatic heterocycles. The van der Waals surface area contributed by atoms with Crippen LogP contribution in [0.15, 0.2) is 52.4 Å². The summed E-state index contributed by atoms with van der Waals surface area (Å²) in [4.78, 5) is 12.0. The summed E-state index contributed by atoms with van der Waals surface area (Å²) in [5, 5.41) is 7.16. The number of nitrogens with zero attached hydrogens (tertiary/aromatic N) is 2. The van der Waals surface area contributed by atoms with Crippen molar-refractivity contribution in [1.82, 2.24) is 9.78 Å². The van der Waals surface area contributed by atoms with E-state index in [1.165, 1.54) is 4.68 Å². The SMILES string of the molecule is C=CCn1ncc(Nc2ccc(N)cc2)c(Br)c1=O. The lowest BCUT2D eigenvalue weighted by molar-refractivity contribution is 0.649. The molecule has 0 saturated heterocycles. The van der Waals surface area contributed by atoms with Crippen LogP contribution in [-0.2, 0) is 6.54 Å². The molecular weight excluding hydrogens is 308 g/mol. The Morgan fingerprint density at radius 2 is 2.11 bits per heavy atom. The highest BCUT2D eigenvalue weighted by atomic mass is 79.9. The van der Waals surface area contributed by atoms with Gasteiger partial charge in [0.15, 0.2) is 0 Å². The first-order valence-electron chi connectivity index (χ1n) is 5.61. The summed E-state index contributed by atoms with van der Waals surface area (Å²) in [5.41, 5.74) is 7.53. The van der Waals surface area contributed by atoms with Crippen molar-refractivity contribution in [1.29, 1.82) is 0 Å². The number of anilines is 3. The Hall–Kier alpha value is -2.08. The number of nitrogen functional groups attached to an aromatic ring is 1. The van der Waals surface area contributed by atoms with Gasteiger partial charge in [-0.2, -0.15) is 5.10 Å². The second-order valence-electron chi connectivity index (χ2n) is 3.90. The molecule has 98 valence electrons. The van der Waals surface area contributed by atoms with Crippen LogP contribution in [0.4, 0.5) is 17.1 Å². The van der Waals surface area contributed by atoms with Crippen LogP contribution in [0.5, 0.6) is 0 Å². The van der Waals surface area contributed by atoms with Crippen LogP contribution in [0.3, 0.4) is 0 Å². The maximum absolute atomic E-state index is 12.0. The molecule has 6 heteroatoms. The molecule has 0 aliphatic rings. The van der Waals surface area contributed by atoms with E-state index in [9.17, 15) is 4.79 Å². The highest BCUT2D eigenvalue weighted by molar-refractivity contribution is 9.10. The van der Waals surface area contributed by atoms with Gasteiger partial charge in [0.05, 0.1) is 18.4 Å². The summed E-state index contributed by atoms with van der Waals surface area (Å²) in [6.07, 6.45) is 3.21. The van der Waals surface area contributed by atoms with E-state index in [-0.39, 0.29) is 5.56 Å². The van der Waals surface area contributed by atoms with E-state index in [0.717, 1.165) is 5.69 Å². The Morgan fingerprint density at radius 3 is 2.74 bits per heavy atom. The summed E-state index contributed by atoms with van der Waals surface area (Å²) in [5.74, 6) is 0. The van der Waals surface area contributed by atoms with E-state index >= 15 is 0 Å². The van der Waals surface area contributed by atoms with Gasteiger partial charge in [-0.25, -0.2) is 4.68 Å². The van der Waals surface area contributed by atoms with Crippen LogP contribution in [0.2, 0.25) is 0 Å². The zero-order valence-corrected chi connectivity index (χ0v) is 11.7. The maximum atomic E-state index is 12.0. The molecule has 0 saturated carbocycles. The molecule has 0 amide bonds. The largest absolute Gasteiger partial charge is 0.399 e. The predicted molar refractivity (Wildman–Crippen MR) is 80.5 cm³/mol. The Kier molecular flexibility index (Phi) is 4.01. The Labute approximate surface area is 118 Å². The molecule has 1 heterocycles. The van der Waals surface area contributed by atoms with Crippen molar-refractivity contribution in [2.75, 3.05) is 11.1 Å². The highest BCUT2D eigenvalue weighted by Crippen LogP contribution is 2.22. The molecule has 0 aliphatic carbocycles. The molecule has 0 spiro atoms. The minimum Gasteiger partial charge on any atom is -0.399 e. The second kappa shape index (κ2) is 5.71. The number of nitrogens with two attached hydrogens (primary N) is 1. The number of benzene rings is 1. The highest BCUT2D eigenvalue weighted by Gasteiger charge is 2.08. The fourth-order valence-electron chi connectivity index (χ4n) is 1.53. The molecular formula is C13H13BrN4O. The smallest absolute Gasteiger partial charge is 0.283 e. The number of allylic oxidation sites excluding steroid dienone is 1. The van der Waals surface area contributed by atoms with Crippen LogP contribution in [-0.4, -0.2) is 9.78 Å². The molecule has 0 fully saturated rings. The van der Waals surface area contributed by atoms with Crippen molar-refractivity contribution in [3.05, 3.63) is 57.9 Å². The summed E-state index contributed by atoms with van der Waals surface area (Å²) in [6.45, 7) is 3.96. The van der Waals surface area contributed by atoms with Crippen molar-refractivity contribution in [3.63, 3.8) is 0 Å². The van der Waals surface area contributed by atoms with Gasteiger partial charge in [-0.15, -0.1) is 6.58 Å². The van der Waals surface area contributed by atoms with Crippen LogP contribution in [0.25, 0.3) is 0 Å². The van der Waals surface area contributed by atoms with Gasteiger partial charge in [0.1, 0.15) is 4.47 Å². The van der Waals surface area contributed by atoms with E-state index < -0.39 is 0 Å². The van der Waals surface area contributed by atoms with Crippen LogP contribution < -0.4 is 16.6 Å². The average molecular weight is 321 g/mol. The van der Waals surface area contributed by atoms with Crippen LogP contribution in [0, 0.1) is 0 Å². The summed E-state index contributed by atoms with van der Waals surface area (Å²) in [7, 11) is 0. The third-order valence-electron chi connectivity index (χ3n) is 2.48. The monoisotopic (exact) mass is 320 g/mol. The van der Waals surface area contributed by atoms with Crippen molar-refractivity contribution >= 4 is 33.0 Å². The van der Waals surface area contributed by atoms with Gasteiger partial charge in [0.25, 0.3) is 5.56 Å². The van der Waals surface area contributed by atoms with Crippen LogP contribution in [0.1, 0.15) is 0 Å². The summed E-state index contributed by atoms with van der Waals surface area (Å²) in [6, 6.07) is 7.22. The second-order valence-corrected chi connectivity index (χ2v) is 4.69. The normalized spacial score (nSPS) is 10.2. The summed E-state index contributed by atoms with van der Waals surface area (Å²) >= 11 is 3.28. The van der Waals surface area contributed by atoms with Crippen molar-refractivity contribution < 1.29 is 0 Å². The Balaban J connectivity index is 2.31. The summed E-state index contributed by atoms with van der Waals surface area (Å²) < 4.78 is 1.76. The molecule has 0 unspecified atom stereocenters. The Bertz CT molecular complexity index is 649.